The molecule has 0 spiro atoms. The van der Waals surface area contributed by atoms with E-state index >= 15 is 0 Å². The van der Waals surface area contributed by atoms with Gasteiger partial charge in [-0.15, -0.1) is 0 Å². The Morgan fingerprint density at radius 3 is 2.23 bits per heavy atom. The lowest BCUT2D eigenvalue weighted by Gasteiger charge is -2.27. The quantitative estimate of drug-likeness (QED) is 0.684. The summed E-state index contributed by atoms with van der Waals surface area (Å²) in [4.78, 5) is 0. The second-order valence-corrected chi connectivity index (χ2v) is 4.61. The van der Waals surface area contributed by atoms with Crippen molar-refractivity contribution in [2.75, 3.05) is 0 Å². The van der Waals surface area contributed by atoms with Gasteiger partial charge in [0, 0.05) is 12.1 Å². The van der Waals surface area contributed by atoms with Crippen LogP contribution in [0.15, 0.2) is 0 Å². The van der Waals surface area contributed by atoms with Crippen molar-refractivity contribution in [2.24, 2.45) is 0 Å². The highest BCUT2D eigenvalue weighted by atomic mass is 16.3. The molecule has 0 heterocycles. The predicted molar refractivity (Wildman–Crippen MR) is 53.7 cm³/mol. The monoisotopic (exact) mass is 183 g/mol. The molecule has 0 amide bonds. The average molecular weight is 183 g/mol. The van der Waals surface area contributed by atoms with Crippen LogP contribution in [0.3, 0.4) is 0 Å². The fourth-order valence-electron chi connectivity index (χ4n) is 2.71. The summed E-state index contributed by atoms with van der Waals surface area (Å²) in [5.41, 5.74) is 0. The van der Waals surface area contributed by atoms with Crippen molar-refractivity contribution in [1.82, 2.24) is 5.32 Å². The molecule has 13 heavy (non-hydrogen) atoms. The molecule has 2 aliphatic carbocycles. The Morgan fingerprint density at radius 2 is 1.62 bits per heavy atom. The first kappa shape index (κ1) is 9.47. The van der Waals surface area contributed by atoms with Gasteiger partial charge in [0.1, 0.15) is 0 Å². The van der Waals surface area contributed by atoms with E-state index in [1.165, 1.54) is 44.9 Å². The lowest BCUT2D eigenvalue weighted by molar-refractivity contribution is 0.138. The van der Waals surface area contributed by atoms with E-state index < -0.39 is 0 Å². The van der Waals surface area contributed by atoms with Crippen LogP contribution in [0.1, 0.15) is 51.4 Å². The van der Waals surface area contributed by atoms with Crippen molar-refractivity contribution >= 4 is 0 Å². The summed E-state index contributed by atoms with van der Waals surface area (Å²) in [5.74, 6) is 0. The highest BCUT2D eigenvalue weighted by molar-refractivity contribution is 4.86. The predicted octanol–water partition coefficient (Wildman–Crippen LogP) is 1.82. The van der Waals surface area contributed by atoms with Gasteiger partial charge in [0.2, 0.25) is 0 Å². The topological polar surface area (TPSA) is 32.3 Å². The van der Waals surface area contributed by atoms with Crippen LogP contribution in [0.2, 0.25) is 0 Å². The van der Waals surface area contributed by atoms with Gasteiger partial charge in [0.05, 0.1) is 6.10 Å². The van der Waals surface area contributed by atoms with Crippen LogP contribution >= 0.6 is 0 Å². The van der Waals surface area contributed by atoms with E-state index in [4.69, 9.17) is 0 Å². The molecule has 2 saturated carbocycles. The van der Waals surface area contributed by atoms with Gasteiger partial charge in [-0.05, 0) is 32.1 Å². The molecule has 2 atom stereocenters. The summed E-state index contributed by atoms with van der Waals surface area (Å²) in [5, 5.41) is 13.3. The van der Waals surface area contributed by atoms with E-state index in [-0.39, 0.29) is 6.10 Å². The number of aliphatic hydroxyl groups is 1. The maximum atomic E-state index is 9.66. The van der Waals surface area contributed by atoms with Crippen molar-refractivity contribution in [3.63, 3.8) is 0 Å². The highest BCUT2D eigenvalue weighted by Gasteiger charge is 2.27. The minimum Gasteiger partial charge on any atom is -0.392 e. The van der Waals surface area contributed by atoms with Crippen LogP contribution in [-0.4, -0.2) is 23.3 Å². The molecule has 2 rings (SSSR count). The van der Waals surface area contributed by atoms with Crippen LogP contribution in [0.25, 0.3) is 0 Å². The first-order chi connectivity index (χ1) is 6.36. The van der Waals surface area contributed by atoms with Crippen molar-refractivity contribution in [3.05, 3.63) is 0 Å². The van der Waals surface area contributed by atoms with Crippen LogP contribution in [-0.2, 0) is 0 Å². The molecule has 0 aromatic rings. The standard InChI is InChI=1S/C11H21NO/c13-11-8-4-7-10(11)12-9-5-2-1-3-6-9/h9-13H,1-8H2/t10-,11-/m0/s1. The SMILES string of the molecule is O[C@H]1CCC[C@@H]1NC1CCCCC1. The Morgan fingerprint density at radius 1 is 0.846 bits per heavy atom. The van der Waals surface area contributed by atoms with Crippen LogP contribution in [0, 0.1) is 0 Å². The Balaban J connectivity index is 1.75. The Bertz CT molecular complexity index is 154. The molecular formula is C11H21NO. The number of rotatable bonds is 2. The van der Waals surface area contributed by atoms with E-state index in [0.717, 1.165) is 6.42 Å². The number of aliphatic hydroxyl groups excluding tert-OH is 1. The third-order valence-corrected chi connectivity index (χ3v) is 3.53. The van der Waals surface area contributed by atoms with Crippen LogP contribution in [0.4, 0.5) is 0 Å². The van der Waals surface area contributed by atoms with Gasteiger partial charge in [0.15, 0.2) is 0 Å². The fourth-order valence-corrected chi connectivity index (χ4v) is 2.71. The lowest BCUT2D eigenvalue weighted by Crippen LogP contribution is -2.43. The molecule has 0 aromatic carbocycles. The summed E-state index contributed by atoms with van der Waals surface area (Å²) >= 11 is 0. The largest absolute Gasteiger partial charge is 0.392 e. The van der Waals surface area contributed by atoms with Crippen molar-refractivity contribution < 1.29 is 5.11 Å². The summed E-state index contributed by atoms with van der Waals surface area (Å²) in [6.07, 6.45) is 10.1. The first-order valence-electron chi connectivity index (χ1n) is 5.80. The van der Waals surface area contributed by atoms with E-state index in [1.807, 2.05) is 0 Å². The van der Waals surface area contributed by atoms with Gasteiger partial charge < -0.3 is 10.4 Å². The van der Waals surface area contributed by atoms with E-state index in [0.29, 0.717) is 12.1 Å². The number of nitrogens with one attached hydrogen (secondary N) is 1. The summed E-state index contributed by atoms with van der Waals surface area (Å²) in [7, 11) is 0. The smallest absolute Gasteiger partial charge is 0.0693 e. The van der Waals surface area contributed by atoms with Gasteiger partial charge in [-0.1, -0.05) is 19.3 Å². The fraction of sp³-hybridized carbons (Fsp3) is 1.00. The maximum Gasteiger partial charge on any atom is 0.0693 e. The minimum absolute atomic E-state index is 0.0677. The molecule has 0 aliphatic heterocycles. The summed E-state index contributed by atoms with van der Waals surface area (Å²) in [6, 6.07) is 1.11. The van der Waals surface area contributed by atoms with Crippen molar-refractivity contribution in [1.29, 1.82) is 0 Å². The number of hydrogen-bond acceptors (Lipinski definition) is 2. The second-order valence-electron chi connectivity index (χ2n) is 4.61. The van der Waals surface area contributed by atoms with Gasteiger partial charge >= 0.3 is 0 Å². The minimum atomic E-state index is -0.0677. The molecule has 0 bridgehead atoms. The molecule has 0 unspecified atom stereocenters. The average Bonchev–Trinajstić information content (AvgIpc) is 2.54. The molecule has 2 heteroatoms. The Hall–Kier alpha value is -0.0800. The zero-order chi connectivity index (χ0) is 9.10. The first-order valence-corrected chi connectivity index (χ1v) is 5.80. The molecular weight excluding hydrogens is 162 g/mol. The van der Waals surface area contributed by atoms with Gasteiger partial charge in [-0.25, -0.2) is 0 Å². The van der Waals surface area contributed by atoms with Gasteiger partial charge in [-0.3, -0.25) is 0 Å². The molecule has 76 valence electrons. The normalized spacial score (nSPS) is 36.7. The lowest BCUT2D eigenvalue weighted by atomic mass is 9.94. The van der Waals surface area contributed by atoms with Crippen molar-refractivity contribution in [2.45, 2.75) is 69.6 Å². The molecule has 2 aliphatic rings. The third kappa shape index (κ3) is 2.44. The third-order valence-electron chi connectivity index (χ3n) is 3.53. The second kappa shape index (κ2) is 4.43. The zero-order valence-corrected chi connectivity index (χ0v) is 8.34. The van der Waals surface area contributed by atoms with Crippen molar-refractivity contribution in [3.8, 4) is 0 Å². The molecule has 0 aromatic heterocycles. The Labute approximate surface area is 80.7 Å². The maximum absolute atomic E-state index is 9.66. The molecule has 0 radical (unpaired) electrons. The van der Waals surface area contributed by atoms with E-state index in [2.05, 4.69) is 5.32 Å². The molecule has 2 nitrogen and oxygen atoms in total. The van der Waals surface area contributed by atoms with Gasteiger partial charge in [-0.2, -0.15) is 0 Å². The summed E-state index contributed by atoms with van der Waals surface area (Å²) < 4.78 is 0. The summed E-state index contributed by atoms with van der Waals surface area (Å²) in [6.45, 7) is 0. The zero-order valence-electron chi connectivity index (χ0n) is 8.34. The highest BCUT2D eigenvalue weighted by Crippen LogP contribution is 2.23. The molecule has 2 fully saturated rings. The van der Waals surface area contributed by atoms with Crippen LogP contribution in [0.5, 0.6) is 0 Å². The van der Waals surface area contributed by atoms with Crippen LogP contribution < -0.4 is 5.32 Å². The molecule has 2 N–H and O–H groups in total. The van der Waals surface area contributed by atoms with E-state index in [1.54, 1.807) is 0 Å². The molecule has 0 saturated heterocycles. The Kier molecular flexibility index (Phi) is 3.23. The van der Waals surface area contributed by atoms with E-state index in [9.17, 15) is 5.11 Å². The number of hydrogen-bond donors (Lipinski definition) is 2. The van der Waals surface area contributed by atoms with Gasteiger partial charge in [0.25, 0.3) is 0 Å².